The van der Waals surface area contributed by atoms with Gasteiger partial charge in [0.05, 0.1) is 0 Å². The van der Waals surface area contributed by atoms with E-state index in [1.165, 1.54) is 6.42 Å². The Morgan fingerprint density at radius 3 is 2.82 bits per heavy atom. The van der Waals surface area contributed by atoms with Crippen LogP contribution in [0, 0.1) is 5.41 Å². The van der Waals surface area contributed by atoms with Crippen LogP contribution in [-0.4, -0.2) is 5.78 Å². The van der Waals surface area contributed by atoms with Crippen LogP contribution in [0.15, 0.2) is 12.2 Å². The molecule has 1 rings (SSSR count). The summed E-state index contributed by atoms with van der Waals surface area (Å²) in [6.45, 7) is 4.19. The van der Waals surface area contributed by atoms with Gasteiger partial charge in [-0.3, -0.25) is 4.79 Å². The highest BCUT2D eigenvalue weighted by Gasteiger charge is 2.27. The maximum atomic E-state index is 11.1. The quantitative estimate of drug-likeness (QED) is 0.528. The predicted molar refractivity (Wildman–Crippen MR) is 46.4 cm³/mol. The van der Waals surface area contributed by atoms with E-state index in [2.05, 4.69) is 19.1 Å². The number of rotatable bonds is 1. The van der Waals surface area contributed by atoms with Crippen molar-refractivity contribution < 1.29 is 4.79 Å². The zero-order chi connectivity index (χ0) is 8.32. The minimum absolute atomic E-state index is 0.171. The summed E-state index contributed by atoms with van der Waals surface area (Å²) < 4.78 is 0. The van der Waals surface area contributed by atoms with Gasteiger partial charge in [0.2, 0.25) is 0 Å². The van der Waals surface area contributed by atoms with E-state index in [-0.39, 0.29) is 5.41 Å². The molecule has 0 saturated heterocycles. The van der Waals surface area contributed by atoms with Crippen molar-refractivity contribution in [3.05, 3.63) is 12.2 Å². The van der Waals surface area contributed by atoms with E-state index in [1.54, 1.807) is 0 Å². The van der Waals surface area contributed by atoms with E-state index < -0.39 is 0 Å². The molecular weight excluding hydrogens is 136 g/mol. The van der Waals surface area contributed by atoms with Gasteiger partial charge in [0.15, 0.2) is 0 Å². The molecule has 1 aliphatic carbocycles. The number of ketones is 1. The first kappa shape index (κ1) is 8.51. The number of Topliss-reactive ketones (excluding diaryl/α,β-unsaturated/α-hetero) is 1. The van der Waals surface area contributed by atoms with Crippen LogP contribution >= 0.6 is 0 Å². The Kier molecular flexibility index (Phi) is 2.48. The van der Waals surface area contributed by atoms with Crippen LogP contribution in [0.5, 0.6) is 0 Å². The van der Waals surface area contributed by atoms with Gasteiger partial charge < -0.3 is 0 Å². The molecular formula is C10H16O. The normalized spacial score (nSPS) is 33.1. The summed E-state index contributed by atoms with van der Waals surface area (Å²) in [5.74, 6) is 0.428. The number of allylic oxidation sites excluding steroid dienone is 2. The van der Waals surface area contributed by atoms with Crippen LogP contribution in [-0.2, 0) is 4.79 Å². The first-order valence-corrected chi connectivity index (χ1v) is 4.32. The van der Waals surface area contributed by atoms with Gasteiger partial charge in [0.25, 0.3) is 0 Å². The molecule has 1 saturated carbocycles. The maximum Gasteiger partial charge on any atom is 0.133 e. The van der Waals surface area contributed by atoms with Gasteiger partial charge in [0, 0.05) is 12.8 Å². The molecule has 0 bridgehead atoms. The van der Waals surface area contributed by atoms with E-state index in [4.69, 9.17) is 0 Å². The molecule has 0 aliphatic heterocycles. The fourth-order valence-electron chi connectivity index (χ4n) is 1.86. The standard InChI is InChI=1S/C10H16O/c1-3-6-10(2)7-4-5-9(11)8-10/h3,6H,4-5,7-8H2,1-2H3/b6-3+. The third-order valence-corrected chi connectivity index (χ3v) is 2.37. The van der Waals surface area contributed by atoms with Crippen molar-refractivity contribution >= 4 is 5.78 Å². The average molecular weight is 152 g/mol. The third kappa shape index (κ3) is 2.18. The van der Waals surface area contributed by atoms with Crippen molar-refractivity contribution in [1.29, 1.82) is 0 Å². The van der Waals surface area contributed by atoms with Gasteiger partial charge in [-0.05, 0) is 25.2 Å². The maximum absolute atomic E-state index is 11.1. The first-order valence-electron chi connectivity index (χ1n) is 4.32. The molecule has 62 valence electrons. The molecule has 1 fully saturated rings. The molecule has 0 aromatic rings. The van der Waals surface area contributed by atoms with Gasteiger partial charge in [-0.1, -0.05) is 19.1 Å². The fraction of sp³-hybridized carbons (Fsp3) is 0.700. The summed E-state index contributed by atoms with van der Waals surface area (Å²) in [6.07, 6.45) is 8.01. The van der Waals surface area contributed by atoms with Crippen LogP contribution in [0.25, 0.3) is 0 Å². The van der Waals surface area contributed by atoms with E-state index in [1.807, 2.05) is 6.92 Å². The van der Waals surface area contributed by atoms with Gasteiger partial charge >= 0.3 is 0 Å². The molecule has 0 heterocycles. The Hall–Kier alpha value is -0.590. The Morgan fingerprint density at radius 1 is 1.55 bits per heavy atom. The van der Waals surface area contributed by atoms with E-state index in [0.717, 1.165) is 19.3 Å². The highest BCUT2D eigenvalue weighted by molar-refractivity contribution is 5.80. The van der Waals surface area contributed by atoms with Crippen molar-refractivity contribution in [3.8, 4) is 0 Å². The fourth-order valence-corrected chi connectivity index (χ4v) is 1.86. The predicted octanol–water partition coefficient (Wildman–Crippen LogP) is 2.71. The summed E-state index contributed by atoms with van der Waals surface area (Å²) in [5, 5.41) is 0. The van der Waals surface area contributed by atoms with Crippen molar-refractivity contribution in [2.45, 2.75) is 39.5 Å². The zero-order valence-corrected chi connectivity index (χ0v) is 7.39. The van der Waals surface area contributed by atoms with E-state index in [9.17, 15) is 4.79 Å². The zero-order valence-electron chi connectivity index (χ0n) is 7.39. The molecule has 0 radical (unpaired) electrons. The second kappa shape index (κ2) is 3.21. The van der Waals surface area contributed by atoms with Gasteiger partial charge in [-0.2, -0.15) is 0 Å². The molecule has 1 unspecified atom stereocenters. The molecule has 0 aromatic heterocycles. The van der Waals surface area contributed by atoms with Crippen molar-refractivity contribution in [2.75, 3.05) is 0 Å². The summed E-state index contributed by atoms with van der Waals surface area (Å²) in [4.78, 5) is 11.1. The molecule has 1 heteroatoms. The molecule has 0 N–H and O–H groups in total. The lowest BCUT2D eigenvalue weighted by Gasteiger charge is -2.29. The van der Waals surface area contributed by atoms with Crippen molar-refractivity contribution in [1.82, 2.24) is 0 Å². The molecule has 11 heavy (non-hydrogen) atoms. The first-order chi connectivity index (χ1) is 5.16. The second-order valence-electron chi connectivity index (χ2n) is 3.72. The SMILES string of the molecule is C/C=C/C1(C)CCCC(=O)C1. The Labute approximate surface area is 68.5 Å². The van der Waals surface area contributed by atoms with Gasteiger partial charge in [0.1, 0.15) is 5.78 Å². The minimum atomic E-state index is 0.171. The minimum Gasteiger partial charge on any atom is -0.300 e. The molecule has 0 aromatic carbocycles. The summed E-state index contributed by atoms with van der Waals surface area (Å²) in [5.41, 5.74) is 0.171. The summed E-state index contributed by atoms with van der Waals surface area (Å²) in [6, 6.07) is 0. The number of hydrogen-bond acceptors (Lipinski definition) is 1. The second-order valence-corrected chi connectivity index (χ2v) is 3.72. The van der Waals surface area contributed by atoms with Crippen molar-refractivity contribution in [3.63, 3.8) is 0 Å². The lowest BCUT2D eigenvalue weighted by Crippen LogP contribution is -2.23. The van der Waals surface area contributed by atoms with Crippen LogP contribution in [0.4, 0.5) is 0 Å². The van der Waals surface area contributed by atoms with Crippen LogP contribution < -0.4 is 0 Å². The average Bonchev–Trinajstić information content (AvgIpc) is 1.86. The lowest BCUT2D eigenvalue weighted by molar-refractivity contribution is -0.122. The summed E-state index contributed by atoms with van der Waals surface area (Å²) >= 11 is 0. The summed E-state index contributed by atoms with van der Waals surface area (Å²) in [7, 11) is 0. The van der Waals surface area contributed by atoms with Gasteiger partial charge in [-0.15, -0.1) is 0 Å². The van der Waals surface area contributed by atoms with Crippen LogP contribution in [0.3, 0.4) is 0 Å². The van der Waals surface area contributed by atoms with Crippen LogP contribution in [0.1, 0.15) is 39.5 Å². The molecule has 0 spiro atoms. The van der Waals surface area contributed by atoms with E-state index >= 15 is 0 Å². The Bertz CT molecular complexity index is 181. The molecule has 1 atom stereocenters. The number of hydrogen-bond donors (Lipinski definition) is 0. The third-order valence-electron chi connectivity index (χ3n) is 2.37. The Morgan fingerprint density at radius 2 is 2.27 bits per heavy atom. The molecule has 0 amide bonds. The highest BCUT2D eigenvalue weighted by Crippen LogP contribution is 2.34. The van der Waals surface area contributed by atoms with Crippen LogP contribution in [0.2, 0.25) is 0 Å². The number of carbonyl (C=O) groups excluding carboxylic acids is 1. The molecule has 1 nitrogen and oxygen atoms in total. The lowest BCUT2D eigenvalue weighted by atomic mass is 9.75. The Balaban J connectivity index is 2.62. The largest absolute Gasteiger partial charge is 0.300 e. The topological polar surface area (TPSA) is 17.1 Å². The molecule has 1 aliphatic rings. The van der Waals surface area contributed by atoms with Gasteiger partial charge in [-0.25, -0.2) is 0 Å². The smallest absolute Gasteiger partial charge is 0.133 e. The van der Waals surface area contributed by atoms with E-state index in [0.29, 0.717) is 5.78 Å². The monoisotopic (exact) mass is 152 g/mol. The highest BCUT2D eigenvalue weighted by atomic mass is 16.1. The number of carbonyl (C=O) groups is 1. The van der Waals surface area contributed by atoms with Crippen molar-refractivity contribution in [2.24, 2.45) is 5.41 Å².